The Kier molecular flexibility index (Phi) is 7.94. The molecule has 0 spiro atoms. The Balaban J connectivity index is 1.99. The van der Waals surface area contributed by atoms with E-state index in [0.29, 0.717) is 6.42 Å². The molecule has 3 rings (SSSR count). The average Bonchev–Trinajstić information content (AvgIpc) is 2.76. The van der Waals surface area contributed by atoms with Crippen molar-refractivity contribution in [2.24, 2.45) is 11.8 Å². The molecule has 178 valence electrons. The molecule has 1 aliphatic carbocycles. The van der Waals surface area contributed by atoms with Gasteiger partial charge in [-0.05, 0) is 30.5 Å². The van der Waals surface area contributed by atoms with E-state index in [1.165, 1.54) is 16.7 Å². The smallest absolute Gasteiger partial charge is 0.325 e. The molecule has 0 amide bonds. The predicted octanol–water partition coefficient (Wildman–Crippen LogP) is 5.13. The van der Waals surface area contributed by atoms with Gasteiger partial charge in [-0.15, -0.1) is 0 Å². The quantitative estimate of drug-likeness (QED) is 0.525. The summed E-state index contributed by atoms with van der Waals surface area (Å²) in [6.07, 6.45) is 6.89. The summed E-state index contributed by atoms with van der Waals surface area (Å²) in [5.41, 5.74) is -1.97. The van der Waals surface area contributed by atoms with Gasteiger partial charge in [-0.2, -0.15) is 18.2 Å². The Morgan fingerprint density at radius 1 is 1.06 bits per heavy atom. The number of hydrogen-bond donors (Lipinski definition) is 1. The van der Waals surface area contributed by atoms with Crippen LogP contribution in [0.2, 0.25) is 0 Å². The Morgan fingerprint density at radius 2 is 1.82 bits per heavy atom. The molecule has 0 fully saturated rings. The van der Waals surface area contributed by atoms with Gasteiger partial charge in [-0.25, -0.2) is 14.2 Å². The number of nitrogens with one attached hydrogen (secondary N) is 1. The minimum absolute atomic E-state index is 0.0254. The molecule has 1 N–H and O–H groups in total. The zero-order valence-corrected chi connectivity index (χ0v) is 18.8. The molecule has 0 saturated heterocycles. The number of anilines is 2. The molecular formula is C24H29F3N4O2. The molecule has 6 nitrogen and oxygen atoms in total. The van der Waals surface area contributed by atoms with Crippen LogP contribution in [0.3, 0.4) is 0 Å². The summed E-state index contributed by atoms with van der Waals surface area (Å²) >= 11 is 0. The molecule has 33 heavy (non-hydrogen) atoms. The van der Waals surface area contributed by atoms with E-state index in [1.807, 2.05) is 31.2 Å². The molecule has 1 heterocycles. The van der Waals surface area contributed by atoms with E-state index in [4.69, 9.17) is 0 Å². The zero-order chi connectivity index (χ0) is 24.0. The van der Waals surface area contributed by atoms with E-state index in [9.17, 15) is 22.8 Å². The first-order valence-electron chi connectivity index (χ1n) is 11.2. The third-order valence-corrected chi connectivity index (χ3v) is 5.78. The fraction of sp³-hybridized carbons (Fsp3) is 0.458. The fourth-order valence-electron chi connectivity index (χ4n) is 3.78. The monoisotopic (exact) mass is 462 g/mol. The summed E-state index contributed by atoms with van der Waals surface area (Å²) in [6, 6.07) is 4.59. The van der Waals surface area contributed by atoms with Gasteiger partial charge >= 0.3 is 17.6 Å². The third kappa shape index (κ3) is 6.24. The highest BCUT2D eigenvalue weighted by Gasteiger charge is 2.30. The van der Waals surface area contributed by atoms with Crippen LogP contribution in [-0.2, 0) is 19.3 Å². The number of halogens is 3. The van der Waals surface area contributed by atoms with Crippen molar-refractivity contribution >= 4 is 11.6 Å². The van der Waals surface area contributed by atoms with Crippen molar-refractivity contribution in [2.45, 2.75) is 58.8 Å². The zero-order valence-electron chi connectivity index (χ0n) is 18.8. The van der Waals surface area contributed by atoms with E-state index < -0.39 is 23.1 Å². The minimum Gasteiger partial charge on any atom is -0.325 e. The number of alkyl halides is 3. The van der Waals surface area contributed by atoms with Gasteiger partial charge in [-0.1, -0.05) is 63.5 Å². The molecule has 9 heteroatoms. The number of rotatable bonds is 9. The summed E-state index contributed by atoms with van der Waals surface area (Å²) in [5.74, 6) is 0.0557. The number of aromatic nitrogens is 3. The lowest BCUT2D eigenvalue weighted by atomic mass is 9.90. The van der Waals surface area contributed by atoms with Crippen molar-refractivity contribution in [3.63, 3.8) is 0 Å². The maximum absolute atomic E-state index is 13.3. The van der Waals surface area contributed by atoms with Crippen molar-refractivity contribution in [3.05, 3.63) is 75.1 Å². The van der Waals surface area contributed by atoms with E-state index in [1.54, 1.807) is 0 Å². The largest absolute Gasteiger partial charge is 0.416 e. The molecule has 2 unspecified atom stereocenters. The minimum atomic E-state index is -4.51. The van der Waals surface area contributed by atoms with Crippen LogP contribution in [0.4, 0.5) is 24.8 Å². The van der Waals surface area contributed by atoms with E-state index in [2.05, 4.69) is 17.2 Å². The van der Waals surface area contributed by atoms with Gasteiger partial charge in [0.05, 0.1) is 5.56 Å². The lowest BCUT2D eigenvalue weighted by Crippen LogP contribution is -2.43. The van der Waals surface area contributed by atoms with Crippen LogP contribution in [0, 0.1) is 11.8 Å². The number of hydrogen-bond acceptors (Lipinski definition) is 4. The summed E-state index contributed by atoms with van der Waals surface area (Å²) in [6.45, 7) is 4.58. The van der Waals surface area contributed by atoms with Crippen molar-refractivity contribution in [2.75, 3.05) is 5.32 Å². The first-order chi connectivity index (χ1) is 15.7. The number of benzene rings is 1. The molecule has 0 aliphatic heterocycles. The molecule has 2 aromatic rings. The van der Waals surface area contributed by atoms with Gasteiger partial charge < -0.3 is 5.32 Å². The highest BCUT2D eigenvalue weighted by atomic mass is 19.4. The van der Waals surface area contributed by atoms with Crippen LogP contribution in [0.25, 0.3) is 0 Å². The second kappa shape index (κ2) is 10.7. The maximum Gasteiger partial charge on any atom is 0.416 e. The third-order valence-electron chi connectivity index (χ3n) is 5.78. The van der Waals surface area contributed by atoms with Crippen molar-refractivity contribution in [1.29, 1.82) is 0 Å². The lowest BCUT2D eigenvalue weighted by Gasteiger charge is -2.23. The van der Waals surface area contributed by atoms with Crippen LogP contribution in [0.5, 0.6) is 0 Å². The molecule has 2 atom stereocenters. The molecule has 0 saturated carbocycles. The summed E-state index contributed by atoms with van der Waals surface area (Å²) in [7, 11) is 0. The van der Waals surface area contributed by atoms with E-state index >= 15 is 0 Å². The molecule has 0 bridgehead atoms. The standard InChI is InChI=1S/C24H29F3N4O2/c1-3-4-5-8-14-30-22(32)29-21(28-20-13-9-12-19(15-20)24(25,26)27)31(23(30)33)16-18-11-7-6-10-17(18)2/h6-7,9-13,15,17-18H,3-5,8,14,16H2,1-2H3,(H,28,29,32). The Hall–Kier alpha value is -3.10. The highest BCUT2D eigenvalue weighted by Crippen LogP contribution is 2.31. The van der Waals surface area contributed by atoms with Gasteiger partial charge in [0, 0.05) is 24.7 Å². The average molecular weight is 463 g/mol. The van der Waals surface area contributed by atoms with Crippen molar-refractivity contribution in [1.82, 2.24) is 14.1 Å². The molecule has 1 aliphatic rings. The Morgan fingerprint density at radius 3 is 2.52 bits per heavy atom. The van der Waals surface area contributed by atoms with Gasteiger partial charge in [-0.3, -0.25) is 4.57 Å². The van der Waals surface area contributed by atoms with Crippen LogP contribution in [-0.4, -0.2) is 14.1 Å². The second-order valence-electron chi connectivity index (χ2n) is 8.32. The van der Waals surface area contributed by atoms with Crippen LogP contribution < -0.4 is 16.7 Å². The maximum atomic E-state index is 13.3. The van der Waals surface area contributed by atoms with Gasteiger partial charge in [0.2, 0.25) is 5.95 Å². The van der Waals surface area contributed by atoms with Crippen LogP contribution in [0.1, 0.15) is 45.1 Å². The van der Waals surface area contributed by atoms with Crippen molar-refractivity contribution in [3.8, 4) is 0 Å². The van der Waals surface area contributed by atoms with E-state index in [-0.39, 0.29) is 36.6 Å². The van der Waals surface area contributed by atoms with Crippen LogP contribution >= 0.6 is 0 Å². The Labute approximate surface area is 190 Å². The molecule has 1 aromatic heterocycles. The van der Waals surface area contributed by atoms with Gasteiger partial charge in [0.1, 0.15) is 0 Å². The fourth-order valence-corrected chi connectivity index (χ4v) is 3.78. The van der Waals surface area contributed by atoms with E-state index in [0.717, 1.165) is 36.0 Å². The summed E-state index contributed by atoms with van der Waals surface area (Å²) < 4.78 is 41.8. The summed E-state index contributed by atoms with van der Waals surface area (Å²) in [4.78, 5) is 30.0. The first-order valence-corrected chi connectivity index (χ1v) is 11.2. The highest BCUT2D eigenvalue weighted by molar-refractivity contribution is 5.54. The number of allylic oxidation sites excluding steroid dienone is 4. The Bertz CT molecular complexity index is 1130. The normalized spacial score (nSPS) is 18.0. The molecular weight excluding hydrogens is 433 g/mol. The predicted molar refractivity (Wildman–Crippen MR) is 123 cm³/mol. The summed E-state index contributed by atoms with van der Waals surface area (Å²) in [5, 5.41) is 2.77. The topological polar surface area (TPSA) is 68.9 Å². The van der Waals surface area contributed by atoms with Crippen molar-refractivity contribution < 1.29 is 13.2 Å². The molecule has 1 aromatic carbocycles. The van der Waals surface area contributed by atoms with Gasteiger partial charge in [0.25, 0.3) is 0 Å². The van der Waals surface area contributed by atoms with Gasteiger partial charge in [0.15, 0.2) is 0 Å². The number of unbranched alkanes of at least 4 members (excludes halogenated alkanes) is 3. The van der Waals surface area contributed by atoms with Crippen LogP contribution in [0.15, 0.2) is 58.2 Å². The molecule has 0 radical (unpaired) electrons. The first kappa shape index (κ1) is 24.5. The number of nitrogens with zero attached hydrogens (tertiary/aromatic N) is 3. The second-order valence-corrected chi connectivity index (χ2v) is 8.32. The SMILES string of the molecule is CCCCCCn1c(=O)nc(Nc2cccc(C(F)(F)F)c2)n(CC2C=CC=CC2C)c1=O. The lowest BCUT2D eigenvalue weighted by molar-refractivity contribution is -0.137.